The molecule has 21 heteroatoms. The Morgan fingerprint density at radius 2 is 1.02 bits per heavy atom. The number of hydrogen-bond acceptors (Lipinski definition) is 6. The Morgan fingerprint density at radius 3 is 1.38 bits per heavy atom. The van der Waals surface area contributed by atoms with E-state index in [9.17, 15) is 73.9 Å². The molecule has 40 heavy (non-hydrogen) atoms. The van der Waals surface area contributed by atoms with Gasteiger partial charge in [0.1, 0.15) is 11.5 Å². The van der Waals surface area contributed by atoms with E-state index in [1.165, 1.54) is 0 Å². The van der Waals surface area contributed by atoms with Crippen LogP contribution in [0.3, 0.4) is 0 Å². The predicted molar refractivity (Wildman–Crippen MR) is 105 cm³/mol. The van der Waals surface area contributed by atoms with E-state index in [4.69, 9.17) is 0 Å². The first kappa shape index (κ1) is 32.3. The fraction of sp³-hybridized carbons (Fsp3) is 0.684. The molecule has 0 saturated heterocycles. The lowest BCUT2D eigenvalue weighted by molar-refractivity contribution is -0.382. The molecule has 3 unspecified atom stereocenters. The summed E-state index contributed by atoms with van der Waals surface area (Å²) in [6.07, 6.45) is -6.84. The smallest absolute Gasteiger partial charge is 0.378 e. The highest BCUT2D eigenvalue weighted by atomic mass is 32.2. The van der Waals surface area contributed by atoms with Gasteiger partial charge in [-0.05, 0) is 55.4 Å². The largest absolute Gasteiger partial charge is 0.460 e. The molecular formula is C19H15F13O6S2. The van der Waals surface area contributed by atoms with Crippen molar-refractivity contribution in [1.82, 2.24) is 0 Å². The van der Waals surface area contributed by atoms with Crippen LogP contribution in [0.4, 0.5) is 57.1 Å². The number of halogens is 13. The molecule has 0 amide bonds. The second-order valence-corrected chi connectivity index (χ2v) is 12.3. The molecule has 230 valence electrons. The van der Waals surface area contributed by atoms with Crippen molar-refractivity contribution in [2.45, 2.75) is 60.1 Å². The number of rotatable bonds is 10. The van der Waals surface area contributed by atoms with E-state index in [1.54, 1.807) is 0 Å². The fourth-order valence-corrected chi connectivity index (χ4v) is 6.36. The Balaban J connectivity index is 1.79. The van der Waals surface area contributed by atoms with Crippen LogP contribution in [0.5, 0.6) is 11.5 Å². The second-order valence-electron chi connectivity index (χ2n) is 9.13. The van der Waals surface area contributed by atoms with E-state index in [0.717, 1.165) is 0 Å². The van der Waals surface area contributed by atoms with E-state index < -0.39 is 78.0 Å². The molecule has 2 saturated carbocycles. The third-order valence-corrected chi connectivity index (χ3v) is 9.18. The van der Waals surface area contributed by atoms with Crippen LogP contribution in [0.1, 0.15) is 25.7 Å². The zero-order valence-electron chi connectivity index (χ0n) is 19.0. The maximum absolute atomic E-state index is 14.6. The van der Waals surface area contributed by atoms with Crippen LogP contribution in [0.2, 0.25) is 0 Å². The fourth-order valence-electron chi connectivity index (χ4n) is 4.50. The highest BCUT2D eigenvalue weighted by Gasteiger charge is 2.86. The highest BCUT2D eigenvalue weighted by molar-refractivity contribution is 7.88. The van der Waals surface area contributed by atoms with Crippen LogP contribution in [-0.2, 0) is 20.2 Å². The summed E-state index contributed by atoms with van der Waals surface area (Å²) >= 11 is 0. The first-order chi connectivity index (χ1) is 17.7. The lowest BCUT2D eigenvalue weighted by Gasteiger charge is -2.34. The van der Waals surface area contributed by atoms with Gasteiger partial charge in [0.05, 0.1) is 0 Å². The Kier molecular flexibility index (Phi) is 7.61. The van der Waals surface area contributed by atoms with E-state index in [0.29, 0.717) is 6.42 Å². The standard InChI is InChI=1S/C19H15F13O6S2/c20-14(21,13-8-9-1-2-10(13)7-9)18(29,30)39(33,34)37-11-3-5-12(6-4-11)38-40(35,36)19(31,32)16(24,25)15(22,23)17(26,27)28/h3-6,9-10,13H,1-2,7-8H2. The SMILES string of the molecule is O=S(=O)(Oc1ccc(OS(=O)(=O)C(F)(F)C(F)(F)C(F)(F)C(F)(F)F)cc1)C(F)(F)C(F)(F)C1CC2CCC1C2. The molecule has 0 radical (unpaired) electrons. The van der Waals surface area contributed by atoms with E-state index in [1.807, 2.05) is 0 Å². The number of benzene rings is 1. The highest BCUT2D eigenvalue weighted by Crippen LogP contribution is 2.58. The molecular weight excluding hydrogens is 635 g/mol. The molecule has 2 aliphatic carbocycles. The molecule has 1 aromatic rings. The molecule has 2 aliphatic rings. The maximum atomic E-state index is 14.6. The molecule has 3 rings (SSSR count). The first-order valence-electron chi connectivity index (χ1n) is 10.7. The lowest BCUT2D eigenvalue weighted by atomic mass is 9.84. The van der Waals surface area contributed by atoms with Gasteiger partial charge in [-0.25, -0.2) is 0 Å². The van der Waals surface area contributed by atoms with Crippen LogP contribution >= 0.6 is 0 Å². The summed E-state index contributed by atoms with van der Waals surface area (Å²) in [6.45, 7) is 0. The minimum absolute atomic E-state index is 0.0325. The van der Waals surface area contributed by atoms with Gasteiger partial charge in [0, 0.05) is 5.92 Å². The second kappa shape index (κ2) is 9.41. The molecule has 0 aliphatic heterocycles. The Morgan fingerprint density at radius 1 is 0.600 bits per heavy atom. The topological polar surface area (TPSA) is 86.7 Å². The quantitative estimate of drug-likeness (QED) is 0.222. The first-order valence-corrected chi connectivity index (χ1v) is 13.5. The molecule has 0 aromatic heterocycles. The Bertz CT molecular complexity index is 1330. The van der Waals surface area contributed by atoms with Crippen LogP contribution < -0.4 is 8.37 Å². The summed E-state index contributed by atoms with van der Waals surface area (Å²) in [5, 5.41) is -13.0. The molecule has 3 atom stereocenters. The zero-order valence-corrected chi connectivity index (χ0v) is 20.7. The predicted octanol–water partition coefficient (Wildman–Crippen LogP) is 6.19. The average Bonchev–Trinajstić information content (AvgIpc) is 3.43. The van der Waals surface area contributed by atoms with Gasteiger partial charge in [0.2, 0.25) is 0 Å². The summed E-state index contributed by atoms with van der Waals surface area (Å²) in [4.78, 5) is 0. The van der Waals surface area contributed by atoms with Gasteiger partial charge in [-0.2, -0.15) is 73.9 Å². The van der Waals surface area contributed by atoms with Crippen molar-refractivity contribution in [3.05, 3.63) is 24.3 Å². The van der Waals surface area contributed by atoms with Gasteiger partial charge in [0.25, 0.3) is 0 Å². The van der Waals surface area contributed by atoms with Crippen LogP contribution in [0.15, 0.2) is 24.3 Å². The van der Waals surface area contributed by atoms with Crippen molar-refractivity contribution >= 4 is 20.2 Å². The van der Waals surface area contributed by atoms with Gasteiger partial charge < -0.3 is 8.37 Å². The van der Waals surface area contributed by atoms with Crippen molar-refractivity contribution in [2.24, 2.45) is 17.8 Å². The lowest BCUT2D eigenvalue weighted by Crippen LogP contribution is -2.63. The molecule has 1 aromatic carbocycles. The summed E-state index contributed by atoms with van der Waals surface area (Å²) in [7, 11) is -13.9. The van der Waals surface area contributed by atoms with Crippen molar-refractivity contribution in [1.29, 1.82) is 0 Å². The molecule has 0 spiro atoms. The summed E-state index contributed by atoms with van der Waals surface area (Å²) in [5.41, 5.74) is 0. The summed E-state index contributed by atoms with van der Waals surface area (Å²) in [5.74, 6) is -26.3. The molecule has 6 nitrogen and oxygen atoms in total. The Labute approximate surface area is 216 Å². The minimum atomic E-state index is -7.61. The van der Waals surface area contributed by atoms with E-state index in [2.05, 4.69) is 8.37 Å². The number of hydrogen-bond donors (Lipinski definition) is 0. The van der Waals surface area contributed by atoms with Crippen molar-refractivity contribution in [3.8, 4) is 11.5 Å². The third kappa shape index (κ3) is 4.83. The third-order valence-electron chi connectivity index (χ3n) is 6.57. The van der Waals surface area contributed by atoms with Gasteiger partial charge in [0.15, 0.2) is 0 Å². The van der Waals surface area contributed by atoms with Crippen molar-refractivity contribution in [3.63, 3.8) is 0 Å². The molecule has 0 N–H and O–H groups in total. The monoisotopic (exact) mass is 650 g/mol. The number of fused-ring (bicyclic) bond motifs is 2. The van der Waals surface area contributed by atoms with Gasteiger partial charge in [-0.3, -0.25) is 0 Å². The Hall–Kier alpha value is -2.19. The maximum Gasteiger partial charge on any atom is 0.460 e. The van der Waals surface area contributed by atoms with Gasteiger partial charge in [-0.15, -0.1) is 0 Å². The van der Waals surface area contributed by atoms with Crippen LogP contribution in [-0.4, -0.2) is 51.3 Å². The van der Waals surface area contributed by atoms with Gasteiger partial charge in [-0.1, -0.05) is 6.42 Å². The average molecular weight is 650 g/mol. The molecule has 2 fully saturated rings. The van der Waals surface area contributed by atoms with E-state index in [-0.39, 0.29) is 49.4 Å². The minimum Gasteiger partial charge on any atom is -0.378 e. The summed E-state index contributed by atoms with van der Waals surface area (Å²) in [6, 6.07) is 0.305. The van der Waals surface area contributed by atoms with Crippen LogP contribution in [0.25, 0.3) is 0 Å². The van der Waals surface area contributed by atoms with Crippen LogP contribution in [0, 0.1) is 17.8 Å². The number of alkyl halides is 13. The van der Waals surface area contributed by atoms with Crippen molar-refractivity contribution in [2.75, 3.05) is 0 Å². The van der Waals surface area contributed by atoms with Crippen molar-refractivity contribution < 1.29 is 82.3 Å². The normalized spacial score (nSPS) is 23.4. The van der Waals surface area contributed by atoms with Gasteiger partial charge >= 0.3 is 54.7 Å². The molecule has 0 heterocycles. The molecule has 2 bridgehead atoms. The zero-order chi connectivity index (χ0) is 31.0. The summed E-state index contributed by atoms with van der Waals surface area (Å²) < 4.78 is 229. The van der Waals surface area contributed by atoms with E-state index >= 15 is 0 Å².